The second kappa shape index (κ2) is 6.76. The van der Waals surface area contributed by atoms with Gasteiger partial charge in [-0.25, -0.2) is 14.8 Å². The minimum atomic E-state index is -0.367. The van der Waals surface area contributed by atoms with Crippen molar-refractivity contribution in [3.05, 3.63) is 18.2 Å². The van der Waals surface area contributed by atoms with Crippen molar-refractivity contribution in [1.82, 2.24) is 9.97 Å². The maximum Gasteiger partial charge on any atom is 0.344 e. The third-order valence-corrected chi connectivity index (χ3v) is 1.87. The molecule has 0 amide bonds. The average molecular weight is 224 g/mol. The first-order valence-electron chi connectivity index (χ1n) is 5.29. The summed E-state index contributed by atoms with van der Waals surface area (Å²) in [7, 11) is 0. The Hall–Kier alpha value is -1.65. The summed E-state index contributed by atoms with van der Waals surface area (Å²) in [5, 5.41) is 0. The van der Waals surface area contributed by atoms with E-state index in [9.17, 15) is 4.79 Å². The van der Waals surface area contributed by atoms with Gasteiger partial charge >= 0.3 is 5.97 Å². The number of aromatic nitrogens is 2. The molecular formula is C11H16N2O3. The lowest BCUT2D eigenvalue weighted by Crippen LogP contribution is -2.15. The fraction of sp³-hybridized carbons (Fsp3) is 0.545. The lowest BCUT2D eigenvalue weighted by Gasteiger charge is -2.05. The topological polar surface area (TPSA) is 61.3 Å². The lowest BCUT2D eigenvalue weighted by atomic mass is 10.4. The van der Waals surface area contributed by atoms with E-state index >= 15 is 0 Å². The van der Waals surface area contributed by atoms with Gasteiger partial charge < -0.3 is 9.47 Å². The van der Waals surface area contributed by atoms with Crippen molar-refractivity contribution in [1.29, 1.82) is 0 Å². The van der Waals surface area contributed by atoms with Crippen molar-refractivity contribution in [2.75, 3.05) is 13.2 Å². The van der Waals surface area contributed by atoms with E-state index in [0.717, 1.165) is 12.8 Å². The molecule has 0 aliphatic carbocycles. The van der Waals surface area contributed by atoms with Gasteiger partial charge in [-0.15, -0.1) is 0 Å². The Balaban J connectivity index is 2.23. The fourth-order valence-corrected chi connectivity index (χ4v) is 0.970. The molecular weight excluding hydrogens is 208 g/mol. The number of ether oxygens (including phenoxy) is 2. The Kier molecular flexibility index (Phi) is 5.25. The molecule has 1 rings (SSSR count). The van der Waals surface area contributed by atoms with Gasteiger partial charge in [-0.3, -0.25) is 0 Å². The Labute approximate surface area is 94.8 Å². The van der Waals surface area contributed by atoms with E-state index in [4.69, 9.17) is 9.47 Å². The first-order chi connectivity index (χ1) is 7.72. The standard InChI is InChI=1S/C11H16N2O3/c1-3-4-5-15-11(14)8-16-10-6-12-9(2)13-7-10/h6-7H,3-5,8H2,1-2H3. The Morgan fingerprint density at radius 1 is 1.38 bits per heavy atom. The van der Waals surface area contributed by atoms with Crippen LogP contribution in [-0.4, -0.2) is 29.2 Å². The second-order valence-electron chi connectivity index (χ2n) is 3.33. The molecule has 1 aromatic rings. The molecule has 0 unspecified atom stereocenters. The van der Waals surface area contributed by atoms with E-state index in [1.54, 1.807) is 6.92 Å². The quantitative estimate of drug-likeness (QED) is 0.541. The largest absolute Gasteiger partial charge is 0.479 e. The highest BCUT2D eigenvalue weighted by atomic mass is 16.6. The number of esters is 1. The molecule has 1 aromatic heterocycles. The number of carbonyl (C=O) groups excluding carboxylic acids is 1. The molecule has 88 valence electrons. The highest BCUT2D eigenvalue weighted by Gasteiger charge is 2.04. The summed E-state index contributed by atoms with van der Waals surface area (Å²) >= 11 is 0. The van der Waals surface area contributed by atoms with Gasteiger partial charge in [-0.05, 0) is 13.3 Å². The van der Waals surface area contributed by atoms with Crippen molar-refractivity contribution < 1.29 is 14.3 Å². The first-order valence-corrected chi connectivity index (χ1v) is 5.29. The number of hydrogen-bond donors (Lipinski definition) is 0. The van der Waals surface area contributed by atoms with Crippen molar-refractivity contribution in [2.45, 2.75) is 26.7 Å². The van der Waals surface area contributed by atoms with Crippen LogP contribution in [0.25, 0.3) is 0 Å². The smallest absolute Gasteiger partial charge is 0.344 e. The van der Waals surface area contributed by atoms with Crippen LogP contribution in [-0.2, 0) is 9.53 Å². The molecule has 0 saturated carbocycles. The molecule has 0 bridgehead atoms. The van der Waals surface area contributed by atoms with Gasteiger partial charge in [0, 0.05) is 0 Å². The maximum atomic E-state index is 11.2. The molecule has 0 N–H and O–H groups in total. The molecule has 0 fully saturated rings. The van der Waals surface area contributed by atoms with Gasteiger partial charge in [0.1, 0.15) is 5.82 Å². The monoisotopic (exact) mass is 224 g/mol. The summed E-state index contributed by atoms with van der Waals surface area (Å²) in [6, 6.07) is 0. The van der Waals surface area contributed by atoms with E-state index in [2.05, 4.69) is 9.97 Å². The molecule has 0 aromatic carbocycles. The summed E-state index contributed by atoms with van der Waals surface area (Å²) in [6.45, 7) is 4.16. The highest BCUT2D eigenvalue weighted by molar-refractivity contribution is 5.71. The molecule has 1 heterocycles. The molecule has 0 spiro atoms. The van der Waals surface area contributed by atoms with Gasteiger partial charge in [0.05, 0.1) is 19.0 Å². The van der Waals surface area contributed by atoms with E-state index in [1.807, 2.05) is 6.92 Å². The normalized spacial score (nSPS) is 9.88. The molecule has 5 nitrogen and oxygen atoms in total. The Morgan fingerprint density at radius 2 is 2.06 bits per heavy atom. The van der Waals surface area contributed by atoms with Crippen molar-refractivity contribution in [2.24, 2.45) is 0 Å². The van der Waals surface area contributed by atoms with Gasteiger partial charge in [0.15, 0.2) is 12.4 Å². The summed E-state index contributed by atoms with van der Waals surface area (Å²) in [5.41, 5.74) is 0. The SMILES string of the molecule is CCCCOC(=O)COc1cnc(C)nc1. The first kappa shape index (κ1) is 12.4. The van der Waals surface area contributed by atoms with Crippen LogP contribution in [0, 0.1) is 6.92 Å². The fourth-order valence-electron chi connectivity index (χ4n) is 0.970. The zero-order chi connectivity index (χ0) is 11.8. The van der Waals surface area contributed by atoms with E-state index in [0.29, 0.717) is 18.2 Å². The van der Waals surface area contributed by atoms with Gasteiger partial charge in [-0.2, -0.15) is 0 Å². The van der Waals surface area contributed by atoms with E-state index in [1.165, 1.54) is 12.4 Å². The number of unbranched alkanes of at least 4 members (excludes halogenated alkanes) is 1. The number of aryl methyl sites for hydroxylation is 1. The van der Waals surface area contributed by atoms with Crippen LogP contribution in [0.5, 0.6) is 5.75 Å². The van der Waals surface area contributed by atoms with Gasteiger partial charge in [0.2, 0.25) is 0 Å². The van der Waals surface area contributed by atoms with E-state index < -0.39 is 0 Å². The number of carbonyl (C=O) groups is 1. The van der Waals surface area contributed by atoms with Crippen LogP contribution < -0.4 is 4.74 Å². The summed E-state index contributed by atoms with van der Waals surface area (Å²) in [4.78, 5) is 19.1. The van der Waals surface area contributed by atoms with E-state index in [-0.39, 0.29) is 12.6 Å². The van der Waals surface area contributed by atoms with Crippen molar-refractivity contribution in [3.8, 4) is 5.75 Å². The number of hydrogen-bond acceptors (Lipinski definition) is 5. The summed E-state index contributed by atoms with van der Waals surface area (Å²) in [5.74, 6) is 0.768. The van der Waals surface area contributed by atoms with Gasteiger partial charge in [0.25, 0.3) is 0 Å². The van der Waals surface area contributed by atoms with Crippen molar-refractivity contribution >= 4 is 5.97 Å². The molecule has 5 heteroatoms. The molecule has 0 aliphatic rings. The average Bonchev–Trinajstić information content (AvgIpc) is 2.29. The third-order valence-electron chi connectivity index (χ3n) is 1.87. The Morgan fingerprint density at radius 3 is 2.69 bits per heavy atom. The number of rotatable bonds is 6. The molecule has 0 atom stereocenters. The molecule has 0 saturated heterocycles. The van der Waals surface area contributed by atoms with Gasteiger partial charge in [-0.1, -0.05) is 13.3 Å². The van der Waals surface area contributed by atoms with Crippen LogP contribution in [0.4, 0.5) is 0 Å². The minimum Gasteiger partial charge on any atom is -0.479 e. The van der Waals surface area contributed by atoms with Crippen molar-refractivity contribution in [3.63, 3.8) is 0 Å². The maximum absolute atomic E-state index is 11.2. The predicted molar refractivity (Wildman–Crippen MR) is 58.1 cm³/mol. The van der Waals surface area contributed by atoms with Crippen LogP contribution in [0.1, 0.15) is 25.6 Å². The second-order valence-corrected chi connectivity index (χ2v) is 3.33. The highest BCUT2D eigenvalue weighted by Crippen LogP contribution is 2.05. The molecule has 16 heavy (non-hydrogen) atoms. The summed E-state index contributed by atoms with van der Waals surface area (Å²) in [6.07, 6.45) is 4.93. The molecule has 0 aliphatic heterocycles. The summed E-state index contributed by atoms with van der Waals surface area (Å²) < 4.78 is 10.1. The van der Waals surface area contributed by atoms with Crippen LogP contribution in [0.3, 0.4) is 0 Å². The lowest BCUT2D eigenvalue weighted by molar-refractivity contribution is -0.146. The zero-order valence-electron chi connectivity index (χ0n) is 9.60. The third kappa shape index (κ3) is 4.72. The Bertz CT molecular complexity index is 325. The predicted octanol–water partition coefficient (Wildman–Crippen LogP) is 1.51. The zero-order valence-corrected chi connectivity index (χ0v) is 9.60. The van der Waals surface area contributed by atoms with Crippen LogP contribution in [0.2, 0.25) is 0 Å². The van der Waals surface area contributed by atoms with Crippen LogP contribution in [0.15, 0.2) is 12.4 Å². The minimum absolute atomic E-state index is 0.101. The number of nitrogens with zero attached hydrogens (tertiary/aromatic N) is 2. The molecule has 0 radical (unpaired) electrons. The van der Waals surface area contributed by atoms with Crippen LogP contribution >= 0.6 is 0 Å².